The summed E-state index contributed by atoms with van der Waals surface area (Å²) < 4.78 is 0. The van der Waals surface area contributed by atoms with E-state index >= 15 is 0 Å². The highest BCUT2D eigenvalue weighted by molar-refractivity contribution is 7.16. The Morgan fingerprint density at radius 3 is 2.86 bits per heavy atom. The second-order valence-corrected chi connectivity index (χ2v) is 7.17. The van der Waals surface area contributed by atoms with Crippen LogP contribution in [-0.4, -0.2) is 36.5 Å². The van der Waals surface area contributed by atoms with Gasteiger partial charge in [-0.25, -0.2) is 0 Å². The average Bonchev–Trinajstić information content (AvgIpc) is 2.62. The lowest BCUT2D eigenvalue weighted by Gasteiger charge is -2.34. The zero-order valence-corrected chi connectivity index (χ0v) is 13.6. The topological polar surface area (TPSA) is 82.2 Å². The van der Waals surface area contributed by atoms with Crippen LogP contribution in [0, 0.1) is 31.1 Å². The number of likely N-dealkylation sites (tertiary alicyclic amines) is 1. The number of carbonyl (C=O) groups excluding carboxylic acids is 1. The van der Waals surface area contributed by atoms with Crippen molar-refractivity contribution in [2.24, 2.45) is 11.7 Å². The maximum Gasteiger partial charge on any atom is 0.239 e. The molecule has 5 nitrogen and oxygen atoms in total. The molecule has 2 rings (SSSR count). The molecule has 2 heterocycles. The summed E-state index contributed by atoms with van der Waals surface area (Å²) in [6.07, 6.45) is 1.01. The summed E-state index contributed by atoms with van der Waals surface area (Å²) in [5.41, 5.74) is 7.53. The molecule has 2 unspecified atom stereocenters. The average molecular weight is 306 g/mol. The van der Waals surface area contributed by atoms with Crippen LogP contribution in [0.1, 0.15) is 29.3 Å². The lowest BCUT2D eigenvalue weighted by molar-refractivity contribution is -0.117. The van der Waals surface area contributed by atoms with Gasteiger partial charge in [-0.3, -0.25) is 9.69 Å². The van der Waals surface area contributed by atoms with Crippen LogP contribution in [-0.2, 0) is 4.79 Å². The van der Waals surface area contributed by atoms with Gasteiger partial charge >= 0.3 is 0 Å². The zero-order chi connectivity index (χ0) is 15.6. The quantitative estimate of drug-likeness (QED) is 0.893. The molecule has 1 aliphatic heterocycles. The van der Waals surface area contributed by atoms with E-state index < -0.39 is 0 Å². The Morgan fingerprint density at radius 1 is 1.52 bits per heavy atom. The summed E-state index contributed by atoms with van der Waals surface area (Å²) in [6.45, 7) is 8.01. The minimum Gasteiger partial charge on any atom is -0.327 e. The van der Waals surface area contributed by atoms with Gasteiger partial charge in [0.1, 0.15) is 11.1 Å². The second kappa shape index (κ2) is 6.56. The number of hydrogen-bond acceptors (Lipinski definition) is 5. The van der Waals surface area contributed by atoms with Gasteiger partial charge in [0.05, 0.1) is 12.1 Å². The lowest BCUT2D eigenvalue weighted by Crippen LogP contribution is -2.48. The molecule has 114 valence electrons. The third-order valence-electron chi connectivity index (χ3n) is 3.88. The first kappa shape index (κ1) is 16.0. The number of aryl methyl sites for hydroxylation is 1. The van der Waals surface area contributed by atoms with E-state index in [4.69, 9.17) is 5.73 Å². The maximum atomic E-state index is 12.2. The van der Waals surface area contributed by atoms with Crippen molar-refractivity contribution in [2.75, 3.05) is 25.0 Å². The maximum absolute atomic E-state index is 12.2. The molecular formula is C15H22N4OS. The fourth-order valence-electron chi connectivity index (χ4n) is 2.86. The Kier molecular flexibility index (Phi) is 4.99. The van der Waals surface area contributed by atoms with E-state index in [2.05, 4.69) is 23.2 Å². The molecule has 0 spiro atoms. The molecule has 1 aromatic heterocycles. The molecule has 1 fully saturated rings. The van der Waals surface area contributed by atoms with Crippen molar-refractivity contribution >= 4 is 22.2 Å². The van der Waals surface area contributed by atoms with Crippen molar-refractivity contribution in [3.8, 4) is 6.07 Å². The van der Waals surface area contributed by atoms with Crippen LogP contribution < -0.4 is 11.1 Å². The summed E-state index contributed by atoms with van der Waals surface area (Å²) in [7, 11) is 0. The van der Waals surface area contributed by atoms with Gasteiger partial charge in [-0.1, -0.05) is 6.92 Å². The predicted octanol–water partition coefficient (Wildman–Crippen LogP) is 1.84. The molecule has 1 aliphatic rings. The number of anilines is 1. The molecule has 0 aliphatic carbocycles. The Bertz CT molecular complexity index is 565. The number of nitrogens with two attached hydrogens (primary N) is 1. The van der Waals surface area contributed by atoms with Crippen molar-refractivity contribution in [2.45, 2.75) is 33.2 Å². The first-order valence-corrected chi connectivity index (χ1v) is 8.00. The van der Waals surface area contributed by atoms with Gasteiger partial charge in [-0.05, 0) is 31.7 Å². The number of carbonyl (C=O) groups is 1. The number of nitrogens with zero attached hydrogens (tertiary/aromatic N) is 2. The SMILES string of the molecule is Cc1sc(NC(=O)CN2CC(C)CC(N)C2)c(C#N)c1C. The monoisotopic (exact) mass is 306 g/mol. The number of amides is 1. The Balaban J connectivity index is 1.99. The number of nitriles is 1. The highest BCUT2D eigenvalue weighted by atomic mass is 32.1. The van der Waals surface area contributed by atoms with E-state index in [1.807, 2.05) is 13.8 Å². The van der Waals surface area contributed by atoms with Gasteiger partial charge in [-0.15, -0.1) is 11.3 Å². The number of hydrogen-bond donors (Lipinski definition) is 2. The first-order valence-electron chi connectivity index (χ1n) is 7.18. The van der Waals surface area contributed by atoms with Crippen molar-refractivity contribution in [1.82, 2.24) is 4.90 Å². The minimum atomic E-state index is -0.0750. The van der Waals surface area contributed by atoms with Gasteiger partial charge in [0.15, 0.2) is 0 Å². The normalized spacial score (nSPS) is 22.8. The first-order chi connectivity index (χ1) is 9.90. The molecule has 1 amide bonds. The Labute approximate surface area is 129 Å². The summed E-state index contributed by atoms with van der Waals surface area (Å²) in [5, 5.41) is 12.7. The molecule has 1 saturated heterocycles. The standard InChI is InChI=1S/C15H22N4OS/c1-9-4-12(17)7-19(6-9)8-14(20)18-15-13(5-16)10(2)11(3)21-15/h9,12H,4,6-8,17H2,1-3H3,(H,18,20). The van der Waals surface area contributed by atoms with Crippen LogP contribution in [0.5, 0.6) is 0 Å². The van der Waals surface area contributed by atoms with Crippen LogP contribution in [0.4, 0.5) is 5.00 Å². The summed E-state index contributed by atoms with van der Waals surface area (Å²) in [4.78, 5) is 15.3. The van der Waals surface area contributed by atoms with E-state index in [1.54, 1.807) is 0 Å². The minimum absolute atomic E-state index is 0.0750. The molecule has 6 heteroatoms. The number of rotatable bonds is 3. The second-order valence-electron chi connectivity index (χ2n) is 5.94. The summed E-state index contributed by atoms with van der Waals surface area (Å²) in [5.74, 6) is 0.441. The van der Waals surface area contributed by atoms with Gasteiger partial charge in [0.25, 0.3) is 0 Å². The van der Waals surface area contributed by atoms with E-state index in [-0.39, 0.29) is 11.9 Å². The Morgan fingerprint density at radius 2 is 2.24 bits per heavy atom. The van der Waals surface area contributed by atoms with Gasteiger partial charge in [-0.2, -0.15) is 5.26 Å². The molecule has 0 saturated carbocycles. The number of piperidine rings is 1. The molecule has 0 bridgehead atoms. The molecule has 0 aromatic carbocycles. The van der Waals surface area contributed by atoms with Gasteiger partial charge in [0.2, 0.25) is 5.91 Å². The smallest absolute Gasteiger partial charge is 0.239 e. The number of thiophene rings is 1. The third-order valence-corrected chi connectivity index (χ3v) is 5.01. The van der Waals surface area contributed by atoms with Crippen LogP contribution >= 0.6 is 11.3 Å². The molecule has 0 radical (unpaired) electrons. The molecule has 21 heavy (non-hydrogen) atoms. The molecule has 1 aromatic rings. The predicted molar refractivity (Wildman–Crippen MR) is 85.3 cm³/mol. The van der Waals surface area contributed by atoms with Gasteiger partial charge < -0.3 is 11.1 Å². The molecule has 2 atom stereocenters. The fourth-order valence-corrected chi connectivity index (χ4v) is 3.89. The van der Waals surface area contributed by atoms with Crippen LogP contribution in [0.25, 0.3) is 0 Å². The van der Waals surface area contributed by atoms with Crippen molar-refractivity contribution in [1.29, 1.82) is 5.26 Å². The fraction of sp³-hybridized carbons (Fsp3) is 0.600. The van der Waals surface area contributed by atoms with Gasteiger partial charge in [0, 0.05) is 24.0 Å². The van der Waals surface area contributed by atoms with Crippen LogP contribution in [0.2, 0.25) is 0 Å². The largest absolute Gasteiger partial charge is 0.327 e. The molecule has 3 N–H and O–H groups in total. The Hall–Kier alpha value is -1.42. The summed E-state index contributed by atoms with van der Waals surface area (Å²) in [6, 6.07) is 2.31. The van der Waals surface area contributed by atoms with Crippen molar-refractivity contribution in [3.63, 3.8) is 0 Å². The number of nitrogens with one attached hydrogen (secondary N) is 1. The van der Waals surface area contributed by atoms with Crippen molar-refractivity contribution in [3.05, 3.63) is 16.0 Å². The highest BCUT2D eigenvalue weighted by Gasteiger charge is 2.24. The van der Waals surface area contributed by atoms with E-state index in [0.29, 0.717) is 23.0 Å². The van der Waals surface area contributed by atoms with Crippen LogP contribution in [0.3, 0.4) is 0 Å². The van der Waals surface area contributed by atoms with E-state index in [9.17, 15) is 10.1 Å². The third kappa shape index (κ3) is 3.82. The van der Waals surface area contributed by atoms with E-state index in [0.717, 1.165) is 30.0 Å². The summed E-state index contributed by atoms with van der Waals surface area (Å²) >= 11 is 1.46. The molecular weight excluding hydrogens is 284 g/mol. The van der Waals surface area contributed by atoms with E-state index in [1.165, 1.54) is 11.3 Å². The highest BCUT2D eigenvalue weighted by Crippen LogP contribution is 2.31. The lowest BCUT2D eigenvalue weighted by atomic mass is 9.97. The van der Waals surface area contributed by atoms with Crippen molar-refractivity contribution < 1.29 is 4.79 Å². The zero-order valence-electron chi connectivity index (χ0n) is 12.8. The van der Waals surface area contributed by atoms with Crippen LogP contribution in [0.15, 0.2) is 0 Å².